The van der Waals surface area contributed by atoms with Crippen LogP contribution in [0.25, 0.3) is 0 Å². The number of carbonyl (C=O) groups excluding carboxylic acids is 3. The Morgan fingerprint density at radius 2 is 1.86 bits per heavy atom. The van der Waals surface area contributed by atoms with Crippen LogP contribution in [0, 0.1) is 40.4 Å². The maximum absolute atomic E-state index is 13.5. The van der Waals surface area contributed by atoms with E-state index in [9.17, 15) is 19.5 Å². The summed E-state index contributed by atoms with van der Waals surface area (Å²) in [6, 6.07) is 0. The maximum Gasteiger partial charge on any atom is 0.302 e. The number of hydrogen-bond donors (Lipinski definition) is 2. The van der Waals surface area contributed by atoms with E-state index in [1.165, 1.54) is 19.4 Å². The zero-order valence-electron chi connectivity index (χ0n) is 23.5. The molecule has 9 atom stereocenters. The van der Waals surface area contributed by atoms with Crippen molar-refractivity contribution in [3.8, 4) is 0 Å². The summed E-state index contributed by atoms with van der Waals surface area (Å²) < 4.78 is 5.59. The highest BCUT2D eigenvalue weighted by atomic mass is 16.5. The average Bonchev–Trinajstić information content (AvgIpc) is 3.17. The van der Waals surface area contributed by atoms with Crippen molar-refractivity contribution in [2.45, 2.75) is 105 Å². The first kappa shape index (κ1) is 26.6. The molecular formula is C31H45NO5. The Labute approximate surface area is 221 Å². The highest BCUT2D eigenvalue weighted by molar-refractivity contribution is 6.02. The van der Waals surface area contributed by atoms with Crippen LogP contribution < -0.4 is 5.32 Å². The van der Waals surface area contributed by atoms with Crippen LogP contribution in [0.2, 0.25) is 0 Å². The molecule has 0 bridgehead atoms. The molecule has 1 amide bonds. The number of nitrogens with one attached hydrogen (secondary N) is 1. The summed E-state index contributed by atoms with van der Waals surface area (Å²) in [4.78, 5) is 36.5. The minimum Gasteiger partial charge on any atom is -0.462 e. The van der Waals surface area contributed by atoms with Crippen LogP contribution in [0.5, 0.6) is 0 Å². The van der Waals surface area contributed by atoms with Crippen molar-refractivity contribution in [3.63, 3.8) is 0 Å². The minimum absolute atomic E-state index is 0.00663. The zero-order chi connectivity index (χ0) is 26.9. The summed E-state index contributed by atoms with van der Waals surface area (Å²) in [7, 11) is 0. The monoisotopic (exact) mass is 511 g/mol. The van der Waals surface area contributed by atoms with Crippen molar-refractivity contribution < 1.29 is 24.2 Å². The van der Waals surface area contributed by atoms with Crippen LogP contribution in [0.4, 0.5) is 0 Å². The topological polar surface area (TPSA) is 92.7 Å². The Morgan fingerprint density at radius 3 is 2.54 bits per heavy atom. The number of esters is 1. The quantitative estimate of drug-likeness (QED) is 0.405. The molecule has 0 radical (unpaired) electrons. The summed E-state index contributed by atoms with van der Waals surface area (Å²) in [5.41, 5.74) is 2.18. The first-order valence-corrected chi connectivity index (χ1v) is 14.4. The van der Waals surface area contributed by atoms with Gasteiger partial charge in [-0.3, -0.25) is 14.4 Å². The van der Waals surface area contributed by atoms with E-state index in [4.69, 9.17) is 4.74 Å². The SMILES string of the molecule is CC(=O)NC[C@H](C)C[C@@H]1C(=O)C(C)=C2[C@]1(O)C[C@@H]1[C@@H]3CC=C4C[C@H](OC(C)=O)CC[C@]4(C)[C@@H]3CC[C@]21C. The number of ketones is 1. The lowest BCUT2D eigenvalue weighted by Gasteiger charge is -2.57. The molecule has 5 rings (SSSR count). The number of aliphatic hydroxyl groups is 1. The van der Waals surface area contributed by atoms with Gasteiger partial charge in [-0.2, -0.15) is 0 Å². The summed E-state index contributed by atoms with van der Waals surface area (Å²) in [6.45, 7) is 12.3. The highest BCUT2D eigenvalue weighted by Gasteiger charge is 2.68. The van der Waals surface area contributed by atoms with Gasteiger partial charge in [-0.05, 0) is 97.5 Å². The smallest absolute Gasteiger partial charge is 0.302 e. The molecule has 0 aromatic rings. The Bertz CT molecular complexity index is 1080. The van der Waals surface area contributed by atoms with Crippen LogP contribution >= 0.6 is 0 Å². The van der Waals surface area contributed by atoms with E-state index >= 15 is 0 Å². The van der Waals surface area contributed by atoms with Crippen molar-refractivity contribution in [3.05, 3.63) is 22.8 Å². The predicted molar refractivity (Wildman–Crippen MR) is 141 cm³/mol. The number of ether oxygens (including phenoxy) is 1. The van der Waals surface area contributed by atoms with Gasteiger partial charge in [0.15, 0.2) is 5.78 Å². The molecule has 37 heavy (non-hydrogen) atoms. The van der Waals surface area contributed by atoms with Crippen molar-refractivity contribution in [2.75, 3.05) is 6.54 Å². The lowest BCUT2D eigenvalue weighted by atomic mass is 9.47. The molecule has 5 aliphatic carbocycles. The number of allylic oxidation sites excluding steroid dienone is 2. The molecule has 2 N–H and O–H groups in total. The molecule has 0 saturated heterocycles. The minimum atomic E-state index is -1.07. The number of amides is 1. The summed E-state index contributed by atoms with van der Waals surface area (Å²) >= 11 is 0. The Morgan fingerprint density at radius 1 is 1.16 bits per heavy atom. The van der Waals surface area contributed by atoms with Gasteiger partial charge in [0, 0.05) is 26.8 Å². The van der Waals surface area contributed by atoms with Crippen LogP contribution in [-0.4, -0.2) is 41.0 Å². The Hall–Kier alpha value is -1.95. The van der Waals surface area contributed by atoms with Gasteiger partial charge in [0.1, 0.15) is 6.10 Å². The van der Waals surface area contributed by atoms with Crippen molar-refractivity contribution in [1.29, 1.82) is 0 Å². The lowest BCUT2D eigenvalue weighted by Crippen LogP contribution is -2.49. The second-order valence-electron chi connectivity index (χ2n) is 13.5. The van der Waals surface area contributed by atoms with Gasteiger partial charge in [0.2, 0.25) is 5.91 Å². The number of rotatable bonds is 5. The van der Waals surface area contributed by atoms with Crippen LogP contribution in [0.15, 0.2) is 22.8 Å². The fraction of sp³-hybridized carbons (Fsp3) is 0.774. The van der Waals surface area contributed by atoms with E-state index in [2.05, 4.69) is 32.2 Å². The third kappa shape index (κ3) is 4.04. The van der Waals surface area contributed by atoms with Crippen LogP contribution in [0.1, 0.15) is 92.9 Å². The van der Waals surface area contributed by atoms with Gasteiger partial charge in [-0.15, -0.1) is 0 Å². The number of carbonyl (C=O) groups is 3. The molecule has 6 nitrogen and oxygen atoms in total. The summed E-state index contributed by atoms with van der Waals surface area (Å²) in [5, 5.41) is 15.2. The van der Waals surface area contributed by atoms with E-state index in [1.807, 2.05) is 6.92 Å². The summed E-state index contributed by atoms with van der Waals surface area (Å²) in [5.74, 6) is 0.935. The molecule has 3 fully saturated rings. The molecule has 0 aromatic carbocycles. The third-order valence-corrected chi connectivity index (χ3v) is 11.3. The van der Waals surface area contributed by atoms with Crippen molar-refractivity contribution in [1.82, 2.24) is 5.32 Å². The standard InChI is InChI=1S/C31H45NO5/c1-17(16-32-19(3)33)13-25-27(35)18(2)28-30(6)12-10-24-23(26(30)15-31(25,28)36)8-7-21-14-22(37-20(4)34)9-11-29(21,24)5/h7,17,22-26,36H,8-16H2,1-6H3,(H,32,33)/t17-,22-,23-,24-,25-,26-,29+,30+,31+/m1/s1. The summed E-state index contributed by atoms with van der Waals surface area (Å²) in [6.07, 6.45) is 9.58. The molecule has 0 spiro atoms. The van der Waals surface area contributed by atoms with Crippen molar-refractivity contribution in [2.24, 2.45) is 40.4 Å². The molecule has 0 heterocycles. The van der Waals surface area contributed by atoms with Crippen LogP contribution in [-0.2, 0) is 19.1 Å². The van der Waals surface area contributed by atoms with Gasteiger partial charge < -0.3 is 15.2 Å². The van der Waals surface area contributed by atoms with E-state index < -0.39 is 11.5 Å². The van der Waals surface area contributed by atoms with E-state index in [-0.39, 0.29) is 40.5 Å². The number of fused-ring (bicyclic) bond motifs is 7. The molecule has 6 heteroatoms. The zero-order valence-corrected chi connectivity index (χ0v) is 23.5. The van der Waals surface area contributed by atoms with E-state index in [0.717, 1.165) is 49.7 Å². The molecule has 5 aliphatic rings. The Balaban J connectivity index is 1.42. The number of hydrogen-bond acceptors (Lipinski definition) is 5. The molecule has 0 aromatic heterocycles. The van der Waals surface area contributed by atoms with Gasteiger partial charge in [0.25, 0.3) is 0 Å². The fourth-order valence-electron chi connectivity index (χ4n) is 9.68. The maximum atomic E-state index is 13.5. The van der Waals surface area contributed by atoms with Gasteiger partial charge in [0.05, 0.1) is 11.5 Å². The average molecular weight is 512 g/mol. The van der Waals surface area contributed by atoms with Gasteiger partial charge in [-0.25, -0.2) is 0 Å². The second kappa shape index (κ2) is 9.07. The third-order valence-electron chi connectivity index (χ3n) is 11.3. The first-order chi connectivity index (χ1) is 17.3. The largest absolute Gasteiger partial charge is 0.462 e. The van der Waals surface area contributed by atoms with E-state index in [0.29, 0.717) is 37.1 Å². The Kier molecular flexibility index (Phi) is 6.53. The van der Waals surface area contributed by atoms with Gasteiger partial charge >= 0.3 is 5.97 Å². The van der Waals surface area contributed by atoms with E-state index in [1.54, 1.807) is 0 Å². The fourth-order valence-corrected chi connectivity index (χ4v) is 9.68. The van der Waals surface area contributed by atoms with Gasteiger partial charge in [-0.1, -0.05) is 32.4 Å². The number of Topliss-reactive ketones (excluding diaryl/α,β-unsaturated/α-hetero) is 1. The molecule has 0 unspecified atom stereocenters. The highest BCUT2D eigenvalue weighted by Crippen LogP contribution is 2.71. The molecule has 0 aliphatic heterocycles. The second-order valence-corrected chi connectivity index (χ2v) is 13.5. The molecule has 3 saturated carbocycles. The van der Waals surface area contributed by atoms with Crippen LogP contribution in [0.3, 0.4) is 0 Å². The molecular weight excluding hydrogens is 466 g/mol. The van der Waals surface area contributed by atoms with Crippen molar-refractivity contribution >= 4 is 17.7 Å². The molecule has 204 valence electrons. The normalized spacial score (nSPS) is 43.3. The predicted octanol–water partition coefficient (Wildman–Crippen LogP) is 4.90. The first-order valence-electron chi connectivity index (χ1n) is 14.4. The lowest BCUT2D eigenvalue weighted by molar-refractivity contribution is -0.148.